The van der Waals surface area contributed by atoms with E-state index < -0.39 is 48.5 Å². The molecule has 0 spiro atoms. The first kappa shape index (κ1) is 23.5. The van der Waals surface area contributed by atoms with Crippen molar-refractivity contribution in [3.63, 3.8) is 0 Å². The minimum absolute atomic E-state index is 0.0521. The van der Waals surface area contributed by atoms with Crippen molar-refractivity contribution >= 4 is 24.9 Å². The Hall–Kier alpha value is -2.83. The Morgan fingerprint density at radius 2 is 1.93 bits per heavy atom. The summed E-state index contributed by atoms with van der Waals surface area (Å²) in [6.07, 6.45) is -0.474. The lowest BCUT2D eigenvalue weighted by atomic mass is 9.82. The van der Waals surface area contributed by atoms with Gasteiger partial charge in [-0.3, -0.25) is 9.59 Å². The van der Waals surface area contributed by atoms with E-state index in [4.69, 9.17) is 20.5 Å². The largest absolute Gasteiger partial charge is 0.507 e. The second-order valence-electron chi connectivity index (χ2n) is 7.27. The molecule has 0 bridgehead atoms. The average molecular weight is 423 g/mol. The van der Waals surface area contributed by atoms with Crippen LogP contribution in [0.4, 0.5) is 0 Å². The lowest BCUT2D eigenvalue weighted by Crippen LogP contribution is -2.61. The van der Waals surface area contributed by atoms with Gasteiger partial charge in [-0.15, -0.1) is 0 Å². The molecule has 30 heavy (non-hydrogen) atoms. The van der Waals surface area contributed by atoms with Gasteiger partial charge < -0.3 is 40.9 Å². The molecule has 1 aromatic rings. The van der Waals surface area contributed by atoms with Crippen molar-refractivity contribution in [1.29, 1.82) is 0 Å². The Kier molecular flexibility index (Phi) is 7.65. The minimum atomic E-state index is -1.58. The van der Waals surface area contributed by atoms with Gasteiger partial charge in [-0.25, -0.2) is 4.79 Å². The Morgan fingerprint density at radius 1 is 1.30 bits per heavy atom. The summed E-state index contributed by atoms with van der Waals surface area (Å²) in [5, 5.41) is 40.1. The monoisotopic (exact) mass is 423 g/mol. The summed E-state index contributed by atoms with van der Waals surface area (Å²) in [6.45, 7) is 3.43. The summed E-state index contributed by atoms with van der Waals surface area (Å²) in [6, 6.07) is 1.34. The predicted molar refractivity (Wildman–Crippen MR) is 106 cm³/mol. The predicted octanol–water partition coefficient (Wildman–Crippen LogP) is -1.45. The number of ether oxygens (including phenoxy) is 1. The van der Waals surface area contributed by atoms with Gasteiger partial charge in [-0.1, -0.05) is 6.07 Å². The number of rotatable bonds is 9. The van der Waals surface area contributed by atoms with Crippen molar-refractivity contribution in [2.75, 3.05) is 13.1 Å². The average Bonchev–Trinajstić information content (AvgIpc) is 2.62. The fraction of sp³-hybridized carbons (Fsp3) is 0.500. The van der Waals surface area contributed by atoms with Crippen molar-refractivity contribution in [3.05, 3.63) is 23.3 Å². The Labute approximate surface area is 173 Å². The van der Waals surface area contributed by atoms with Crippen molar-refractivity contribution in [2.24, 2.45) is 5.73 Å². The number of amides is 2. The second-order valence-corrected chi connectivity index (χ2v) is 7.27. The van der Waals surface area contributed by atoms with Crippen LogP contribution in [0.15, 0.2) is 12.1 Å². The van der Waals surface area contributed by atoms with Crippen LogP contribution in [0.5, 0.6) is 11.5 Å². The summed E-state index contributed by atoms with van der Waals surface area (Å²) in [5.41, 5.74) is 5.28. The van der Waals surface area contributed by atoms with E-state index in [-0.39, 0.29) is 43.1 Å². The third-order valence-corrected chi connectivity index (χ3v) is 4.71. The molecular weight excluding hydrogens is 397 g/mol. The van der Waals surface area contributed by atoms with Crippen molar-refractivity contribution in [3.8, 4) is 11.5 Å². The molecule has 2 rings (SSSR count). The van der Waals surface area contributed by atoms with Gasteiger partial charge in [-0.05, 0) is 38.2 Å². The normalized spacial score (nSPS) is 15.7. The van der Waals surface area contributed by atoms with Crippen molar-refractivity contribution < 1.29 is 39.4 Å². The van der Waals surface area contributed by atoms with Crippen LogP contribution in [0.25, 0.3) is 0 Å². The van der Waals surface area contributed by atoms with Crippen molar-refractivity contribution in [2.45, 2.75) is 44.8 Å². The molecule has 1 fully saturated rings. The SMILES string of the molecule is C[C@H](N)C(=O)N[C@@H](C)C(=O)N1CC(Oc2ccc(CCB(O)O)c(O)c2C(=O)O)C1. The molecular formula is C18H26BN3O8. The highest BCUT2D eigenvalue weighted by Gasteiger charge is 2.36. The van der Waals surface area contributed by atoms with E-state index in [9.17, 15) is 24.6 Å². The number of nitrogens with one attached hydrogen (secondary N) is 1. The molecule has 2 amide bonds. The number of hydrogen-bond acceptors (Lipinski definition) is 8. The number of aromatic carboxylic acids is 1. The molecule has 12 heteroatoms. The molecule has 1 saturated heterocycles. The zero-order valence-corrected chi connectivity index (χ0v) is 16.7. The van der Waals surface area contributed by atoms with Crippen LogP contribution >= 0.6 is 0 Å². The van der Waals surface area contributed by atoms with Gasteiger partial charge in [0.25, 0.3) is 0 Å². The molecule has 7 N–H and O–H groups in total. The summed E-state index contributed by atoms with van der Waals surface area (Å²) >= 11 is 0. The number of benzene rings is 1. The summed E-state index contributed by atoms with van der Waals surface area (Å²) in [5.74, 6) is -2.71. The molecule has 0 unspecified atom stereocenters. The van der Waals surface area contributed by atoms with Crippen LogP contribution < -0.4 is 15.8 Å². The zero-order valence-electron chi connectivity index (χ0n) is 16.7. The zero-order chi connectivity index (χ0) is 22.6. The Morgan fingerprint density at radius 3 is 2.47 bits per heavy atom. The maximum atomic E-state index is 12.3. The summed E-state index contributed by atoms with van der Waals surface area (Å²) in [4.78, 5) is 37.0. The molecule has 164 valence electrons. The molecule has 0 radical (unpaired) electrons. The van der Waals surface area contributed by atoms with Crippen LogP contribution in [0.2, 0.25) is 6.32 Å². The topological polar surface area (TPSA) is 183 Å². The van der Waals surface area contributed by atoms with Crippen LogP contribution in [-0.4, -0.2) is 81.3 Å². The van der Waals surface area contributed by atoms with Gasteiger partial charge in [0.05, 0.1) is 19.1 Å². The molecule has 1 aliphatic heterocycles. The smallest absolute Gasteiger partial charge is 0.451 e. The van der Waals surface area contributed by atoms with E-state index in [0.29, 0.717) is 0 Å². The third kappa shape index (κ3) is 5.62. The van der Waals surface area contributed by atoms with E-state index in [2.05, 4.69) is 5.32 Å². The number of carbonyl (C=O) groups excluding carboxylic acids is 2. The fourth-order valence-electron chi connectivity index (χ4n) is 2.96. The summed E-state index contributed by atoms with van der Waals surface area (Å²) in [7, 11) is -1.58. The number of carbonyl (C=O) groups is 3. The maximum absolute atomic E-state index is 12.3. The van der Waals surface area contributed by atoms with E-state index in [1.165, 1.54) is 24.0 Å². The summed E-state index contributed by atoms with van der Waals surface area (Å²) < 4.78 is 5.64. The van der Waals surface area contributed by atoms with Crippen LogP contribution in [0, 0.1) is 0 Å². The molecule has 0 aliphatic carbocycles. The minimum Gasteiger partial charge on any atom is -0.507 e. The van der Waals surface area contributed by atoms with Gasteiger partial charge in [0, 0.05) is 0 Å². The van der Waals surface area contributed by atoms with Crippen LogP contribution in [0.3, 0.4) is 0 Å². The number of nitrogens with two attached hydrogens (primary N) is 1. The lowest BCUT2D eigenvalue weighted by Gasteiger charge is -2.40. The first-order valence-electron chi connectivity index (χ1n) is 9.46. The van der Waals surface area contributed by atoms with Gasteiger partial charge in [0.2, 0.25) is 11.8 Å². The number of likely N-dealkylation sites (tertiary alicyclic amines) is 1. The molecule has 0 saturated carbocycles. The highest BCUT2D eigenvalue weighted by atomic mass is 16.5. The number of carboxylic acid groups (broad SMARTS) is 1. The number of phenols is 1. The maximum Gasteiger partial charge on any atom is 0.451 e. The van der Waals surface area contributed by atoms with E-state index >= 15 is 0 Å². The third-order valence-electron chi connectivity index (χ3n) is 4.71. The van der Waals surface area contributed by atoms with Crippen LogP contribution in [0.1, 0.15) is 29.8 Å². The standard InChI is InChI=1S/C18H26BN3O8/c1-9(20)16(24)21-10(2)17(25)22-7-12(8-22)30-13-4-3-11(5-6-19(28)29)15(23)14(13)18(26)27/h3-4,9-10,12,23,28-29H,5-8,20H2,1-2H3,(H,21,24)(H,26,27)/t9-,10-/m0/s1. The van der Waals surface area contributed by atoms with E-state index in [1.54, 1.807) is 6.92 Å². The number of nitrogens with zero attached hydrogens (tertiary/aromatic N) is 1. The number of carboxylic acids is 1. The van der Waals surface area contributed by atoms with E-state index in [0.717, 1.165) is 0 Å². The van der Waals surface area contributed by atoms with Crippen molar-refractivity contribution in [1.82, 2.24) is 10.2 Å². The molecule has 0 aromatic heterocycles. The number of hydrogen-bond donors (Lipinski definition) is 6. The Balaban J connectivity index is 2.00. The Bertz CT molecular complexity index is 811. The van der Waals surface area contributed by atoms with Gasteiger partial charge in [-0.2, -0.15) is 0 Å². The highest BCUT2D eigenvalue weighted by Crippen LogP contribution is 2.34. The molecule has 1 aromatic carbocycles. The lowest BCUT2D eigenvalue weighted by molar-refractivity contribution is -0.143. The molecule has 1 heterocycles. The number of aryl methyl sites for hydroxylation is 1. The second kappa shape index (κ2) is 9.78. The van der Waals surface area contributed by atoms with Crippen LogP contribution in [-0.2, 0) is 16.0 Å². The van der Waals surface area contributed by atoms with Gasteiger partial charge >= 0.3 is 13.1 Å². The van der Waals surface area contributed by atoms with Gasteiger partial charge in [0.1, 0.15) is 29.2 Å². The molecule has 1 aliphatic rings. The highest BCUT2D eigenvalue weighted by molar-refractivity contribution is 6.41. The first-order valence-corrected chi connectivity index (χ1v) is 9.46. The van der Waals surface area contributed by atoms with E-state index in [1.807, 2.05) is 0 Å². The number of aromatic hydroxyl groups is 1. The first-order chi connectivity index (χ1) is 14.0. The fourth-order valence-corrected chi connectivity index (χ4v) is 2.96. The molecule has 2 atom stereocenters. The van der Waals surface area contributed by atoms with Gasteiger partial charge in [0.15, 0.2) is 0 Å². The quantitative estimate of drug-likeness (QED) is 0.259. The molecule has 11 nitrogen and oxygen atoms in total.